The normalized spacial score (nSPS) is 31.3. The first kappa shape index (κ1) is 13.7. The van der Waals surface area contributed by atoms with Gasteiger partial charge in [-0.25, -0.2) is 0 Å². The van der Waals surface area contributed by atoms with Gasteiger partial charge in [0.1, 0.15) is 12.2 Å². The molecule has 0 spiro atoms. The predicted molar refractivity (Wildman–Crippen MR) is 67.8 cm³/mol. The Morgan fingerprint density at radius 2 is 1.88 bits per heavy atom. The zero-order valence-corrected chi connectivity index (χ0v) is 12.2. The molecule has 1 aliphatic heterocycles. The molecule has 0 aromatic carbocycles. The van der Waals surface area contributed by atoms with E-state index in [0.717, 1.165) is 0 Å². The lowest BCUT2D eigenvalue weighted by Gasteiger charge is -2.41. The maximum absolute atomic E-state index is 9.99. The highest BCUT2D eigenvalue weighted by atomic mass is 28.4. The first-order valence-corrected chi connectivity index (χ1v) is 8.74. The molecule has 94 valence electrons. The van der Waals surface area contributed by atoms with Gasteiger partial charge in [-0.3, -0.25) is 0 Å². The molecule has 0 aromatic heterocycles. The second-order valence-corrected chi connectivity index (χ2v) is 10.8. The van der Waals surface area contributed by atoms with Crippen LogP contribution < -0.4 is 0 Å². The third-order valence-electron chi connectivity index (χ3n) is 3.62. The lowest BCUT2D eigenvalue weighted by molar-refractivity contribution is -0.0497. The Labute approximate surface area is 99.6 Å². The van der Waals surface area contributed by atoms with E-state index in [1.165, 1.54) is 0 Å². The van der Waals surface area contributed by atoms with Crippen molar-refractivity contribution in [1.29, 1.82) is 0 Å². The van der Waals surface area contributed by atoms with Gasteiger partial charge in [0.25, 0.3) is 0 Å². The topological polar surface area (TPSA) is 38.7 Å². The van der Waals surface area contributed by atoms with Crippen molar-refractivity contribution in [2.24, 2.45) is 0 Å². The van der Waals surface area contributed by atoms with Crippen molar-refractivity contribution in [3.05, 3.63) is 12.3 Å². The van der Waals surface area contributed by atoms with Crippen LogP contribution in [-0.4, -0.2) is 31.7 Å². The molecule has 0 bridgehead atoms. The Hall–Kier alpha value is -0.323. The summed E-state index contributed by atoms with van der Waals surface area (Å²) < 4.78 is 11.4. The zero-order valence-electron chi connectivity index (χ0n) is 11.2. The molecule has 0 aliphatic carbocycles. The zero-order chi connectivity index (χ0) is 12.6. The van der Waals surface area contributed by atoms with Gasteiger partial charge in [-0.1, -0.05) is 20.8 Å². The maximum Gasteiger partial charge on any atom is 0.193 e. The third kappa shape index (κ3) is 2.87. The van der Waals surface area contributed by atoms with Crippen LogP contribution in [0, 0.1) is 0 Å². The van der Waals surface area contributed by atoms with Crippen molar-refractivity contribution >= 4 is 8.32 Å². The van der Waals surface area contributed by atoms with Crippen LogP contribution in [0.15, 0.2) is 12.3 Å². The lowest BCUT2D eigenvalue weighted by Crippen LogP contribution is -2.49. The van der Waals surface area contributed by atoms with E-state index < -0.39 is 14.4 Å². The summed E-state index contributed by atoms with van der Waals surface area (Å²) in [5.41, 5.74) is 0. The van der Waals surface area contributed by atoms with Crippen LogP contribution in [0.1, 0.15) is 27.7 Å². The van der Waals surface area contributed by atoms with Crippen molar-refractivity contribution in [1.82, 2.24) is 0 Å². The van der Waals surface area contributed by atoms with Gasteiger partial charge in [-0.05, 0) is 31.1 Å². The third-order valence-corrected chi connectivity index (χ3v) is 8.09. The van der Waals surface area contributed by atoms with E-state index in [4.69, 9.17) is 9.16 Å². The summed E-state index contributed by atoms with van der Waals surface area (Å²) in [6, 6.07) is 0. The molecule has 1 N–H and O–H groups in total. The Balaban J connectivity index is 2.74. The average Bonchev–Trinajstić information content (AvgIpc) is 2.11. The molecule has 16 heavy (non-hydrogen) atoms. The minimum absolute atomic E-state index is 0.155. The molecule has 0 radical (unpaired) electrons. The van der Waals surface area contributed by atoms with Crippen molar-refractivity contribution < 1.29 is 14.3 Å². The Morgan fingerprint density at radius 1 is 1.31 bits per heavy atom. The second-order valence-electron chi connectivity index (χ2n) is 6.00. The smallest absolute Gasteiger partial charge is 0.193 e. The summed E-state index contributed by atoms with van der Waals surface area (Å²) in [5.74, 6) is 0. The minimum atomic E-state index is -1.83. The highest BCUT2D eigenvalue weighted by molar-refractivity contribution is 6.74. The summed E-state index contributed by atoms with van der Waals surface area (Å²) in [7, 11) is -1.83. The molecule has 1 rings (SSSR count). The molecule has 0 unspecified atom stereocenters. The lowest BCUT2D eigenvalue weighted by atomic mass is 10.1. The van der Waals surface area contributed by atoms with Crippen molar-refractivity contribution in [2.45, 2.75) is 64.1 Å². The molecule has 3 atom stereocenters. The quantitative estimate of drug-likeness (QED) is 0.759. The molecule has 0 saturated heterocycles. The van der Waals surface area contributed by atoms with Crippen molar-refractivity contribution in [3.8, 4) is 0 Å². The number of aliphatic hydroxyl groups is 1. The predicted octanol–water partition coefficient (Wildman–Crippen LogP) is 2.67. The van der Waals surface area contributed by atoms with E-state index in [-0.39, 0.29) is 17.2 Å². The average molecular weight is 244 g/mol. The van der Waals surface area contributed by atoms with Gasteiger partial charge in [0.05, 0.1) is 12.4 Å². The highest BCUT2D eigenvalue weighted by Gasteiger charge is 2.41. The van der Waals surface area contributed by atoms with Crippen LogP contribution in [0.3, 0.4) is 0 Å². The molecule has 4 heteroatoms. The van der Waals surface area contributed by atoms with Gasteiger partial charge in [-0.15, -0.1) is 0 Å². The number of aliphatic hydroxyl groups excluding tert-OH is 1. The van der Waals surface area contributed by atoms with Crippen LogP contribution in [-0.2, 0) is 9.16 Å². The van der Waals surface area contributed by atoms with Gasteiger partial charge in [0.15, 0.2) is 8.32 Å². The summed E-state index contributed by atoms with van der Waals surface area (Å²) in [4.78, 5) is 0. The van der Waals surface area contributed by atoms with Gasteiger partial charge in [0.2, 0.25) is 0 Å². The summed E-state index contributed by atoms with van der Waals surface area (Å²) in [6.45, 7) is 12.8. The fourth-order valence-electron chi connectivity index (χ4n) is 1.33. The number of hydrogen-bond acceptors (Lipinski definition) is 3. The highest BCUT2D eigenvalue weighted by Crippen LogP contribution is 2.38. The van der Waals surface area contributed by atoms with Gasteiger partial charge in [-0.2, -0.15) is 0 Å². The van der Waals surface area contributed by atoms with E-state index in [0.29, 0.717) is 0 Å². The minimum Gasteiger partial charge on any atom is -0.496 e. The standard InChI is InChI=1S/C12H24O3Si/c1-9-11(13)10(7-8-14-9)15-16(5,6)12(2,3)4/h7-11,13H,1-6H3/t9-,10-,11-/m1/s1. The Morgan fingerprint density at radius 3 is 2.38 bits per heavy atom. The van der Waals surface area contributed by atoms with E-state index in [1.54, 1.807) is 6.26 Å². The van der Waals surface area contributed by atoms with Crippen molar-refractivity contribution in [2.75, 3.05) is 0 Å². The number of hydrogen-bond donors (Lipinski definition) is 1. The van der Waals surface area contributed by atoms with Crippen LogP contribution in [0.25, 0.3) is 0 Å². The largest absolute Gasteiger partial charge is 0.496 e. The molecule has 0 amide bonds. The first-order chi connectivity index (χ1) is 7.15. The summed E-state index contributed by atoms with van der Waals surface area (Å²) >= 11 is 0. The van der Waals surface area contributed by atoms with E-state index in [1.807, 2.05) is 13.0 Å². The fourth-order valence-corrected chi connectivity index (χ4v) is 2.59. The van der Waals surface area contributed by atoms with E-state index in [2.05, 4.69) is 33.9 Å². The molecule has 3 nitrogen and oxygen atoms in total. The van der Waals surface area contributed by atoms with Crippen LogP contribution >= 0.6 is 0 Å². The van der Waals surface area contributed by atoms with Gasteiger partial charge in [0, 0.05) is 0 Å². The van der Waals surface area contributed by atoms with Crippen LogP contribution in [0.2, 0.25) is 18.1 Å². The first-order valence-electron chi connectivity index (χ1n) is 5.83. The second kappa shape index (κ2) is 4.51. The fraction of sp³-hybridized carbons (Fsp3) is 0.833. The van der Waals surface area contributed by atoms with Crippen molar-refractivity contribution in [3.63, 3.8) is 0 Å². The number of ether oxygens (including phenoxy) is 1. The van der Waals surface area contributed by atoms with E-state index >= 15 is 0 Å². The van der Waals surface area contributed by atoms with Crippen LogP contribution in [0.5, 0.6) is 0 Å². The molecular formula is C12H24O3Si. The molecule has 0 saturated carbocycles. The van der Waals surface area contributed by atoms with Gasteiger partial charge >= 0.3 is 0 Å². The molecule has 0 fully saturated rings. The Kier molecular flexibility index (Phi) is 3.87. The van der Waals surface area contributed by atoms with Gasteiger partial charge < -0.3 is 14.3 Å². The SMILES string of the molecule is C[C@H]1OC=C[C@@H](O[Si](C)(C)C(C)(C)C)[C@@H]1O. The molecule has 1 heterocycles. The molecule has 1 aliphatic rings. The Bertz CT molecular complexity index is 268. The maximum atomic E-state index is 9.99. The van der Waals surface area contributed by atoms with Crippen LogP contribution in [0.4, 0.5) is 0 Å². The number of rotatable bonds is 2. The summed E-state index contributed by atoms with van der Waals surface area (Å²) in [5, 5.41) is 10.1. The van der Waals surface area contributed by atoms with E-state index in [9.17, 15) is 5.11 Å². The monoisotopic (exact) mass is 244 g/mol. The molecule has 0 aromatic rings. The summed E-state index contributed by atoms with van der Waals surface area (Å²) in [6.07, 6.45) is 2.45. The molecular weight excluding hydrogens is 220 g/mol.